The topological polar surface area (TPSA) is 67.9 Å². The molecule has 0 saturated heterocycles. The highest BCUT2D eigenvalue weighted by molar-refractivity contribution is 5.93. The number of nitrogens with one attached hydrogen (secondary N) is 1. The number of nitrogens with zero attached hydrogens (tertiary/aromatic N) is 1. The number of hydrogen-bond donors (Lipinski definition) is 1. The third-order valence-electron chi connectivity index (χ3n) is 4.09. The van der Waals surface area contributed by atoms with Gasteiger partial charge in [-0.05, 0) is 48.4 Å². The van der Waals surface area contributed by atoms with Crippen molar-refractivity contribution in [1.82, 2.24) is 0 Å². The average molecular weight is 340 g/mol. The number of benzene rings is 2. The van der Waals surface area contributed by atoms with E-state index in [2.05, 4.69) is 5.32 Å². The van der Waals surface area contributed by atoms with Gasteiger partial charge in [0.05, 0.1) is 0 Å². The van der Waals surface area contributed by atoms with E-state index in [9.17, 15) is 9.59 Å². The van der Waals surface area contributed by atoms with Gasteiger partial charge >= 0.3 is 0 Å². The Balaban J connectivity index is 1.53. The Morgan fingerprint density at radius 2 is 1.80 bits per heavy atom. The summed E-state index contributed by atoms with van der Waals surface area (Å²) in [6.07, 6.45) is 0.988. The largest absolute Gasteiger partial charge is 0.454 e. The molecule has 1 aliphatic rings. The zero-order valence-electron chi connectivity index (χ0n) is 14.2. The van der Waals surface area contributed by atoms with E-state index in [0.29, 0.717) is 18.5 Å². The van der Waals surface area contributed by atoms with Crippen molar-refractivity contribution in [3.63, 3.8) is 0 Å². The van der Waals surface area contributed by atoms with Crippen LogP contribution in [0, 0.1) is 0 Å². The first-order valence-corrected chi connectivity index (χ1v) is 8.05. The zero-order chi connectivity index (χ0) is 17.8. The molecule has 2 amide bonds. The molecule has 2 aromatic rings. The fraction of sp³-hybridized carbons (Fsp3) is 0.263. The number of carbonyl (C=O) groups is 2. The predicted molar refractivity (Wildman–Crippen MR) is 95.0 cm³/mol. The molecular formula is C19H20N2O4. The van der Waals surface area contributed by atoms with E-state index < -0.39 is 0 Å². The number of fused-ring (bicyclic) bond motifs is 1. The summed E-state index contributed by atoms with van der Waals surface area (Å²) in [4.78, 5) is 25.0. The molecule has 0 saturated carbocycles. The quantitative estimate of drug-likeness (QED) is 0.909. The van der Waals surface area contributed by atoms with E-state index in [1.165, 1.54) is 6.92 Å². The lowest BCUT2D eigenvalue weighted by atomic mass is 10.1. The Bertz CT molecular complexity index is 787. The summed E-state index contributed by atoms with van der Waals surface area (Å²) in [5, 5.41) is 2.86. The number of anilines is 2. The highest BCUT2D eigenvalue weighted by Crippen LogP contribution is 2.32. The maximum atomic E-state index is 12.1. The van der Waals surface area contributed by atoms with E-state index >= 15 is 0 Å². The predicted octanol–water partition coefficient (Wildman–Crippen LogP) is 2.97. The first-order valence-electron chi connectivity index (χ1n) is 8.05. The summed E-state index contributed by atoms with van der Waals surface area (Å²) in [5.74, 6) is 1.36. The van der Waals surface area contributed by atoms with Gasteiger partial charge in [-0.3, -0.25) is 9.59 Å². The first kappa shape index (κ1) is 16.8. The molecular weight excluding hydrogens is 320 g/mol. The monoisotopic (exact) mass is 340 g/mol. The molecule has 0 aliphatic carbocycles. The van der Waals surface area contributed by atoms with E-state index in [1.807, 2.05) is 18.2 Å². The van der Waals surface area contributed by atoms with Crippen LogP contribution >= 0.6 is 0 Å². The summed E-state index contributed by atoms with van der Waals surface area (Å²) < 4.78 is 10.6. The van der Waals surface area contributed by atoms with Crippen molar-refractivity contribution < 1.29 is 19.1 Å². The Kier molecular flexibility index (Phi) is 4.88. The summed E-state index contributed by atoms with van der Waals surface area (Å²) in [6.45, 7) is 1.75. The number of amides is 2. The molecule has 25 heavy (non-hydrogen) atoms. The fourth-order valence-corrected chi connectivity index (χ4v) is 2.53. The number of aryl methyl sites for hydroxylation is 1. The highest BCUT2D eigenvalue weighted by atomic mass is 16.7. The van der Waals surface area contributed by atoms with E-state index in [-0.39, 0.29) is 18.6 Å². The lowest BCUT2D eigenvalue weighted by molar-refractivity contribution is -0.117. The van der Waals surface area contributed by atoms with Crippen LogP contribution in [0.3, 0.4) is 0 Å². The van der Waals surface area contributed by atoms with Crippen LogP contribution in [0.1, 0.15) is 18.9 Å². The molecule has 3 rings (SSSR count). The standard InChI is InChI=1S/C19H20N2O4/c1-13(22)21(2)16-7-5-15(6-8-16)20-19(23)10-4-14-3-9-17-18(11-14)25-12-24-17/h3,5-9,11H,4,10,12H2,1-2H3,(H,20,23). The molecule has 1 N–H and O–H groups in total. The molecule has 0 unspecified atom stereocenters. The van der Waals surface area contributed by atoms with Crippen molar-refractivity contribution in [3.05, 3.63) is 48.0 Å². The molecule has 0 radical (unpaired) electrons. The summed E-state index contributed by atoms with van der Waals surface area (Å²) in [7, 11) is 1.71. The second-order valence-corrected chi connectivity index (χ2v) is 5.86. The van der Waals surface area contributed by atoms with Gasteiger partial charge in [-0.1, -0.05) is 6.07 Å². The third-order valence-corrected chi connectivity index (χ3v) is 4.09. The average Bonchev–Trinajstić information content (AvgIpc) is 3.07. The fourth-order valence-electron chi connectivity index (χ4n) is 2.53. The number of rotatable bonds is 5. The van der Waals surface area contributed by atoms with Gasteiger partial charge in [-0.15, -0.1) is 0 Å². The van der Waals surface area contributed by atoms with Crippen molar-refractivity contribution in [2.45, 2.75) is 19.8 Å². The van der Waals surface area contributed by atoms with Crippen LogP contribution in [-0.2, 0) is 16.0 Å². The lowest BCUT2D eigenvalue weighted by Crippen LogP contribution is -2.22. The SMILES string of the molecule is CC(=O)N(C)c1ccc(NC(=O)CCc2ccc3c(c2)OCO3)cc1. The van der Waals surface area contributed by atoms with Gasteiger partial charge in [0.1, 0.15) is 0 Å². The van der Waals surface area contributed by atoms with E-state index in [0.717, 1.165) is 22.7 Å². The van der Waals surface area contributed by atoms with Crippen LogP contribution in [-0.4, -0.2) is 25.7 Å². The maximum absolute atomic E-state index is 12.1. The van der Waals surface area contributed by atoms with E-state index in [4.69, 9.17) is 9.47 Å². The zero-order valence-corrected chi connectivity index (χ0v) is 14.2. The smallest absolute Gasteiger partial charge is 0.231 e. The molecule has 0 fully saturated rings. The highest BCUT2D eigenvalue weighted by Gasteiger charge is 2.13. The minimum absolute atomic E-state index is 0.0412. The Morgan fingerprint density at radius 3 is 2.52 bits per heavy atom. The lowest BCUT2D eigenvalue weighted by Gasteiger charge is -2.15. The van der Waals surface area contributed by atoms with Crippen molar-refractivity contribution in [1.29, 1.82) is 0 Å². The second-order valence-electron chi connectivity index (χ2n) is 5.86. The van der Waals surface area contributed by atoms with Crippen LogP contribution < -0.4 is 19.7 Å². The van der Waals surface area contributed by atoms with E-state index in [1.54, 1.807) is 36.2 Å². The van der Waals surface area contributed by atoms with Gasteiger partial charge in [0.25, 0.3) is 0 Å². The molecule has 0 bridgehead atoms. The van der Waals surface area contributed by atoms with Gasteiger partial charge in [0, 0.05) is 31.8 Å². The molecule has 130 valence electrons. The minimum atomic E-state index is -0.0645. The molecule has 6 nitrogen and oxygen atoms in total. The second kappa shape index (κ2) is 7.25. The summed E-state index contributed by atoms with van der Waals surface area (Å²) >= 11 is 0. The first-order chi connectivity index (χ1) is 12.0. The third kappa shape index (κ3) is 4.09. The van der Waals surface area contributed by atoms with Crippen LogP contribution in [0.2, 0.25) is 0 Å². The number of hydrogen-bond acceptors (Lipinski definition) is 4. The Labute approximate surface area is 146 Å². The Hall–Kier alpha value is -3.02. The minimum Gasteiger partial charge on any atom is -0.454 e. The summed E-state index contributed by atoms with van der Waals surface area (Å²) in [5.41, 5.74) is 2.51. The maximum Gasteiger partial charge on any atom is 0.231 e. The van der Waals surface area contributed by atoms with Gasteiger partial charge in [0.2, 0.25) is 18.6 Å². The van der Waals surface area contributed by atoms with Crippen LogP contribution in [0.15, 0.2) is 42.5 Å². The van der Waals surface area contributed by atoms with Gasteiger partial charge in [-0.2, -0.15) is 0 Å². The van der Waals surface area contributed by atoms with Gasteiger partial charge in [-0.25, -0.2) is 0 Å². The molecule has 0 spiro atoms. The van der Waals surface area contributed by atoms with Gasteiger partial charge in [0.15, 0.2) is 11.5 Å². The summed E-state index contributed by atoms with van der Waals surface area (Å²) in [6, 6.07) is 12.9. The Morgan fingerprint density at radius 1 is 1.08 bits per heavy atom. The van der Waals surface area contributed by atoms with Gasteiger partial charge < -0.3 is 19.7 Å². The number of carbonyl (C=O) groups excluding carboxylic acids is 2. The number of ether oxygens (including phenoxy) is 2. The van der Waals surface area contributed by atoms with Crippen molar-refractivity contribution in [2.24, 2.45) is 0 Å². The normalized spacial score (nSPS) is 11.9. The molecule has 0 atom stereocenters. The molecule has 0 aromatic heterocycles. The molecule has 1 aliphatic heterocycles. The van der Waals surface area contributed by atoms with Crippen molar-refractivity contribution in [3.8, 4) is 11.5 Å². The molecule has 2 aromatic carbocycles. The van der Waals surface area contributed by atoms with Crippen LogP contribution in [0.4, 0.5) is 11.4 Å². The van der Waals surface area contributed by atoms with Crippen molar-refractivity contribution in [2.75, 3.05) is 24.1 Å². The van der Waals surface area contributed by atoms with Crippen LogP contribution in [0.5, 0.6) is 11.5 Å². The van der Waals surface area contributed by atoms with Crippen LogP contribution in [0.25, 0.3) is 0 Å². The van der Waals surface area contributed by atoms with Crippen molar-refractivity contribution >= 4 is 23.2 Å². The molecule has 6 heteroatoms. The molecule has 1 heterocycles.